The van der Waals surface area contributed by atoms with Crippen molar-refractivity contribution in [3.05, 3.63) is 29.8 Å². The molecule has 3 N–H and O–H groups in total. The molecule has 0 amide bonds. The number of hydrogen-bond acceptors (Lipinski definition) is 3. The molecule has 0 radical (unpaired) electrons. The third-order valence-electron chi connectivity index (χ3n) is 1.81. The van der Waals surface area contributed by atoms with Gasteiger partial charge in [-0.3, -0.25) is 0 Å². The maximum absolute atomic E-state index is 10.8. The Morgan fingerprint density at radius 3 is 2.71 bits per heavy atom. The van der Waals surface area contributed by atoms with Gasteiger partial charge in [0.2, 0.25) is 0 Å². The van der Waals surface area contributed by atoms with E-state index >= 15 is 0 Å². The molecule has 1 rings (SSSR count). The van der Waals surface area contributed by atoms with Gasteiger partial charge in [0.25, 0.3) is 0 Å². The van der Waals surface area contributed by atoms with Gasteiger partial charge in [0.1, 0.15) is 0 Å². The molecule has 0 unspecified atom stereocenters. The summed E-state index contributed by atoms with van der Waals surface area (Å²) in [6.07, 6.45) is 0.328. The second kappa shape index (κ2) is 5.16. The van der Waals surface area contributed by atoms with E-state index in [9.17, 15) is 4.79 Å². The van der Waals surface area contributed by atoms with Gasteiger partial charge in [-0.25, -0.2) is 0 Å². The second-order valence-electron chi connectivity index (χ2n) is 2.87. The molecule has 4 nitrogen and oxygen atoms in total. The van der Waals surface area contributed by atoms with Crippen LogP contribution in [-0.4, -0.2) is 22.8 Å². The minimum atomic E-state index is -1.00. The van der Waals surface area contributed by atoms with Crippen molar-refractivity contribution in [1.29, 1.82) is 0.594 Å². The van der Waals surface area contributed by atoms with Crippen molar-refractivity contribution >= 4 is 5.97 Å². The van der Waals surface area contributed by atoms with Gasteiger partial charge in [-0.05, 0) is 0 Å². The Hall–Kier alpha value is -0.820. The molecule has 5 heteroatoms. The Labute approximate surface area is 95.9 Å². The fourth-order valence-electron chi connectivity index (χ4n) is 1.04. The van der Waals surface area contributed by atoms with Crippen molar-refractivity contribution < 1.29 is 37.7 Å². The van der Waals surface area contributed by atoms with Crippen LogP contribution in [0.3, 0.4) is 0 Å². The molecule has 0 spiro atoms. The van der Waals surface area contributed by atoms with Gasteiger partial charge in [0.05, 0.1) is 0 Å². The molecule has 78 valence electrons. The molecule has 1 atom stereocenters. The number of rotatable bonds is 5. The summed E-state index contributed by atoms with van der Waals surface area (Å²) in [5.74, 6) is -0.790. The average molecular weight is 309 g/mol. The number of aromatic hydroxyl groups is 1. The summed E-state index contributed by atoms with van der Waals surface area (Å²) in [6.45, 7) is 0. The first kappa shape index (κ1) is 9.72. The third kappa shape index (κ3) is 3.15. The molecular formula is C9H11INO3-. The Bertz CT molecular complexity index is 331. The molecular weight excluding hydrogens is 297 g/mol. The summed E-state index contributed by atoms with van der Waals surface area (Å²) >= 11 is -1.00. The number of aliphatic carboxylic acids is 1. The number of carbonyl (C=O) groups is 1. The van der Waals surface area contributed by atoms with Crippen LogP contribution >= 0.6 is 0 Å². The number of halogens is 1. The molecule has 0 heterocycles. The third-order valence-corrected chi connectivity index (χ3v) is 2.56. The molecule has 14 heavy (non-hydrogen) atoms. The summed E-state index contributed by atoms with van der Waals surface area (Å²) in [6, 6.07) is 5.68. The summed E-state index contributed by atoms with van der Waals surface area (Å²) in [5, 5.41) is 17.9. The van der Waals surface area contributed by atoms with E-state index in [0.717, 1.165) is 5.56 Å². The molecule has 0 aliphatic heterocycles. The number of phenols is 1. The van der Waals surface area contributed by atoms with Crippen molar-refractivity contribution in [3.8, 4) is 5.75 Å². The molecule has 0 saturated heterocycles. The quantitative estimate of drug-likeness (QED) is 0.405. The van der Waals surface area contributed by atoms with Crippen molar-refractivity contribution in [3.63, 3.8) is 0 Å². The van der Waals surface area contributed by atoms with E-state index in [2.05, 4.69) is 3.53 Å². The maximum atomic E-state index is 10.8. The predicted octanol–water partition coefficient (Wildman–Crippen LogP) is -2.82. The molecule has 0 bridgehead atoms. The van der Waals surface area contributed by atoms with Crippen LogP contribution in [0.5, 0.6) is 5.75 Å². The Morgan fingerprint density at radius 1 is 1.57 bits per heavy atom. The fraction of sp³-hybridized carbons (Fsp3) is 0.222. The SMILES string of the molecule is [2H][I-]N[C@@H](Cc1ccc(O)cc1)C(=O)O. The first-order valence-corrected chi connectivity index (χ1v) is 5.08. The van der Waals surface area contributed by atoms with Gasteiger partial charge in [-0.15, -0.1) is 0 Å². The van der Waals surface area contributed by atoms with E-state index in [1.807, 2.05) is 0 Å². The molecule has 1 aromatic rings. The molecule has 1 aromatic carbocycles. The van der Waals surface area contributed by atoms with Crippen molar-refractivity contribution in [1.82, 2.24) is 3.53 Å². The monoisotopic (exact) mass is 309 g/mol. The van der Waals surface area contributed by atoms with Gasteiger partial charge >= 0.3 is 95.8 Å². The van der Waals surface area contributed by atoms with E-state index in [4.69, 9.17) is 10.8 Å². The van der Waals surface area contributed by atoms with E-state index in [-0.39, 0.29) is 5.75 Å². The van der Waals surface area contributed by atoms with Crippen molar-refractivity contribution in [2.45, 2.75) is 12.5 Å². The Morgan fingerprint density at radius 2 is 2.21 bits per heavy atom. The number of carboxylic acid groups (broad SMARTS) is 1. The number of hydrogen-bond donors (Lipinski definition) is 3. The molecule has 0 fully saturated rings. The minimum absolute atomic E-state index is 0.159. The average Bonchev–Trinajstić information content (AvgIpc) is 2.20. The first-order valence-electron chi connectivity index (χ1n) is 4.38. The van der Waals surface area contributed by atoms with E-state index in [1.165, 1.54) is 12.1 Å². The van der Waals surface area contributed by atoms with Crippen LogP contribution < -0.4 is 26.2 Å². The molecule has 0 aliphatic carbocycles. The molecule has 0 aliphatic rings. The Kier molecular flexibility index (Phi) is 3.58. The van der Waals surface area contributed by atoms with Gasteiger partial charge in [0.15, 0.2) is 0 Å². The number of benzene rings is 1. The van der Waals surface area contributed by atoms with Crippen molar-refractivity contribution in [2.24, 2.45) is 0 Å². The number of nitrogens with one attached hydrogen (secondary N) is 1. The first-order chi connectivity index (χ1) is 7.13. The second-order valence-corrected chi connectivity index (χ2v) is 3.49. The summed E-state index contributed by atoms with van der Waals surface area (Å²) in [4.78, 5) is 10.8. The summed E-state index contributed by atoms with van der Waals surface area (Å²) < 4.78 is 9.68. The standard InChI is InChI=1S/C9H11INO3/c10-11-8(9(13)14)5-6-1-3-7(12)4-2-6/h1-4,8,10-12H,5H2,(H,13,14)/q-1/t8-/m0/s1/i10D. The van der Waals surface area contributed by atoms with Crippen LogP contribution in [0.4, 0.5) is 0 Å². The van der Waals surface area contributed by atoms with Gasteiger partial charge in [0, 0.05) is 0 Å². The van der Waals surface area contributed by atoms with Crippen LogP contribution in [0.25, 0.3) is 0 Å². The van der Waals surface area contributed by atoms with Gasteiger partial charge < -0.3 is 0 Å². The molecule has 0 saturated carbocycles. The van der Waals surface area contributed by atoms with Gasteiger partial charge in [-0.1, -0.05) is 0 Å². The number of carboxylic acids is 1. The number of phenolic OH excluding ortho intramolecular Hbond substituents is 1. The zero-order valence-electron chi connectivity index (χ0n) is 8.27. The van der Waals surface area contributed by atoms with Crippen LogP contribution in [0, 0.1) is 0 Å². The zero-order valence-corrected chi connectivity index (χ0v) is 9.43. The van der Waals surface area contributed by atoms with Crippen LogP contribution in [-0.2, 0) is 11.2 Å². The van der Waals surface area contributed by atoms with Gasteiger partial charge in [-0.2, -0.15) is 0 Å². The van der Waals surface area contributed by atoms with Crippen LogP contribution in [0.1, 0.15) is 5.56 Å². The van der Waals surface area contributed by atoms with Crippen molar-refractivity contribution in [2.75, 3.05) is 0 Å². The summed E-state index contributed by atoms with van der Waals surface area (Å²) in [5.41, 5.74) is 0.824. The topological polar surface area (TPSA) is 69.6 Å². The zero-order chi connectivity index (χ0) is 11.3. The normalized spacial score (nSPS) is 13.6. The summed E-state index contributed by atoms with van der Waals surface area (Å²) in [7, 11) is 0. The predicted molar refractivity (Wildman–Crippen MR) is 47.8 cm³/mol. The Balaban J connectivity index is 2.65. The van der Waals surface area contributed by atoms with E-state index in [1.54, 1.807) is 12.1 Å². The van der Waals surface area contributed by atoms with E-state index in [0.29, 0.717) is 6.42 Å². The van der Waals surface area contributed by atoms with Crippen LogP contribution in [0.2, 0.25) is 0 Å². The molecule has 0 aromatic heterocycles. The van der Waals surface area contributed by atoms with E-state index < -0.39 is 34.7 Å². The van der Waals surface area contributed by atoms with Crippen LogP contribution in [0.15, 0.2) is 24.3 Å². The fourth-order valence-corrected chi connectivity index (χ4v) is 1.53.